The van der Waals surface area contributed by atoms with E-state index in [4.69, 9.17) is 5.11 Å². The molecule has 0 unspecified atom stereocenters. The van der Waals surface area contributed by atoms with Crippen LogP contribution in [-0.2, 0) is 4.79 Å². The number of hydrogen-bond acceptors (Lipinski definition) is 5. The number of nitrogens with zero attached hydrogens (tertiary/aromatic N) is 3. The number of anilines is 2. The van der Waals surface area contributed by atoms with Gasteiger partial charge in [0, 0.05) is 56.0 Å². The second kappa shape index (κ2) is 9.93. The van der Waals surface area contributed by atoms with Crippen molar-refractivity contribution in [3.8, 4) is 0 Å². The van der Waals surface area contributed by atoms with Gasteiger partial charge >= 0.3 is 6.09 Å². The van der Waals surface area contributed by atoms with Crippen molar-refractivity contribution in [1.82, 2.24) is 15.2 Å². The van der Waals surface area contributed by atoms with Gasteiger partial charge in [-0.3, -0.25) is 9.59 Å². The van der Waals surface area contributed by atoms with E-state index in [-0.39, 0.29) is 42.9 Å². The molecule has 9 nitrogen and oxygen atoms in total. The Morgan fingerprint density at radius 3 is 2.57 bits per heavy atom. The first-order valence-corrected chi connectivity index (χ1v) is 12.0. The number of carboxylic acid groups (broad SMARTS) is 1. The first-order chi connectivity index (χ1) is 16.7. The third-order valence-corrected chi connectivity index (χ3v) is 6.94. The zero-order valence-electron chi connectivity index (χ0n) is 20.6. The highest BCUT2D eigenvalue weighted by Gasteiger charge is 2.47. The Morgan fingerprint density at radius 1 is 1.20 bits per heavy atom. The lowest BCUT2D eigenvalue weighted by molar-refractivity contribution is -0.117. The lowest BCUT2D eigenvalue weighted by Gasteiger charge is -2.46. The molecule has 0 bridgehead atoms. The average molecular weight is 480 g/mol. The monoisotopic (exact) mass is 479 g/mol. The van der Waals surface area contributed by atoms with E-state index in [1.54, 1.807) is 13.0 Å². The molecule has 2 aromatic rings. The van der Waals surface area contributed by atoms with Crippen molar-refractivity contribution in [2.24, 2.45) is 11.8 Å². The molecule has 2 heterocycles. The molecule has 3 N–H and O–H groups in total. The number of hydrogen-bond donors (Lipinski definition) is 3. The van der Waals surface area contributed by atoms with Crippen molar-refractivity contribution in [2.45, 2.75) is 45.7 Å². The van der Waals surface area contributed by atoms with Crippen LogP contribution >= 0.6 is 0 Å². The summed E-state index contributed by atoms with van der Waals surface area (Å²) in [6, 6.07) is 11.2. The smallest absolute Gasteiger partial charge is 0.407 e. The summed E-state index contributed by atoms with van der Waals surface area (Å²) >= 11 is 0. The van der Waals surface area contributed by atoms with Gasteiger partial charge in [-0.05, 0) is 61.6 Å². The van der Waals surface area contributed by atoms with E-state index in [2.05, 4.69) is 22.5 Å². The largest absolute Gasteiger partial charge is 0.465 e. The van der Waals surface area contributed by atoms with Crippen LogP contribution in [0, 0.1) is 18.8 Å². The van der Waals surface area contributed by atoms with Crippen LogP contribution in [0.2, 0.25) is 0 Å². The van der Waals surface area contributed by atoms with Crippen LogP contribution in [0.5, 0.6) is 0 Å². The maximum atomic E-state index is 12.9. The molecule has 186 valence electrons. The lowest BCUT2D eigenvalue weighted by Crippen LogP contribution is -2.51. The number of rotatable bonds is 7. The molecule has 35 heavy (non-hydrogen) atoms. The van der Waals surface area contributed by atoms with Crippen molar-refractivity contribution < 1.29 is 19.5 Å². The zero-order chi connectivity index (χ0) is 25.3. The van der Waals surface area contributed by atoms with Crippen LogP contribution in [-0.4, -0.2) is 59.1 Å². The molecule has 1 saturated carbocycles. The molecule has 4 rings (SSSR count). The van der Waals surface area contributed by atoms with Gasteiger partial charge in [-0.2, -0.15) is 0 Å². The van der Waals surface area contributed by atoms with Gasteiger partial charge in [-0.15, -0.1) is 0 Å². The number of carbonyl (C=O) groups excluding carboxylic acids is 2. The second-order valence-electron chi connectivity index (χ2n) is 9.60. The molecule has 0 radical (unpaired) electrons. The summed E-state index contributed by atoms with van der Waals surface area (Å²) in [6.07, 6.45) is 1.17. The number of amides is 3. The summed E-state index contributed by atoms with van der Waals surface area (Å²) < 4.78 is 0. The Bertz CT molecular complexity index is 1130. The number of likely N-dealkylation sites (N-methyl/N-ethyl adjacent to an activating group) is 1. The molecule has 1 fully saturated rings. The van der Waals surface area contributed by atoms with Crippen LogP contribution in [0.1, 0.15) is 54.3 Å². The molecule has 9 heteroatoms. The fraction of sp³-hybridized carbons (Fsp3) is 0.462. The normalized spacial score (nSPS) is 21.1. The zero-order valence-corrected chi connectivity index (χ0v) is 20.6. The Morgan fingerprint density at radius 2 is 1.94 bits per heavy atom. The number of fused-ring (bicyclic) bond motifs is 1. The predicted molar refractivity (Wildman–Crippen MR) is 134 cm³/mol. The van der Waals surface area contributed by atoms with Crippen molar-refractivity contribution in [3.63, 3.8) is 0 Å². The highest BCUT2D eigenvalue weighted by molar-refractivity contribution is 5.98. The van der Waals surface area contributed by atoms with Gasteiger partial charge in [0.15, 0.2) is 0 Å². The number of benzene rings is 1. The van der Waals surface area contributed by atoms with Gasteiger partial charge in [0.2, 0.25) is 5.91 Å². The first kappa shape index (κ1) is 24.5. The van der Waals surface area contributed by atoms with Gasteiger partial charge in [0.1, 0.15) is 5.82 Å². The summed E-state index contributed by atoms with van der Waals surface area (Å²) in [5.41, 5.74) is 3.07. The standard InChI is InChI=1S/C26H33N5O4/c1-15-6-5-7-22(28-15)29-23-16(2)24(18-8-9-18)31(17(3)32)21-11-10-19(14-20(21)23)25(33)27-12-13-30(4)26(34)35/h5-7,10-11,14,16,18,23-24H,8-9,12-13H2,1-4H3,(H,27,33)(H,28,29)(H,34,35)/t16-,23-,24-/m1/s1. The number of carbonyl (C=O) groups is 3. The van der Waals surface area contributed by atoms with E-state index in [0.29, 0.717) is 11.5 Å². The average Bonchev–Trinajstić information content (AvgIpc) is 3.65. The predicted octanol–water partition coefficient (Wildman–Crippen LogP) is 3.66. The lowest BCUT2D eigenvalue weighted by atomic mass is 9.79. The van der Waals surface area contributed by atoms with Crippen molar-refractivity contribution in [3.05, 3.63) is 53.2 Å². The van der Waals surface area contributed by atoms with Crippen molar-refractivity contribution in [2.75, 3.05) is 30.4 Å². The maximum Gasteiger partial charge on any atom is 0.407 e. The summed E-state index contributed by atoms with van der Waals surface area (Å²) in [6.45, 7) is 6.09. The molecule has 1 aliphatic heterocycles. The third-order valence-electron chi connectivity index (χ3n) is 6.94. The molecular weight excluding hydrogens is 446 g/mol. The molecule has 3 amide bonds. The Hall–Kier alpha value is -3.62. The second-order valence-corrected chi connectivity index (χ2v) is 9.60. The molecule has 0 spiro atoms. The van der Waals surface area contributed by atoms with Crippen LogP contribution < -0.4 is 15.5 Å². The highest BCUT2D eigenvalue weighted by atomic mass is 16.4. The van der Waals surface area contributed by atoms with Crippen LogP contribution in [0.3, 0.4) is 0 Å². The van der Waals surface area contributed by atoms with Gasteiger partial charge in [-0.1, -0.05) is 13.0 Å². The van der Waals surface area contributed by atoms with Gasteiger partial charge in [0.25, 0.3) is 5.91 Å². The molecule has 1 aliphatic carbocycles. The highest BCUT2D eigenvalue weighted by Crippen LogP contribution is 2.50. The summed E-state index contributed by atoms with van der Waals surface area (Å²) in [4.78, 5) is 44.3. The van der Waals surface area contributed by atoms with Gasteiger partial charge in [0.05, 0.1) is 6.04 Å². The van der Waals surface area contributed by atoms with Crippen molar-refractivity contribution >= 4 is 29.4 Å². The van der Waals surface area contributed by atoms with Gasteiger partial charge in [-0.25, -0.2) is 9.78 Å². The SMILES string of the molecule is CC(=O)N1c2ccc(C(=O)NCCN(C)C(=O)O)cc2[C@H](Nc2cccc(C)n2)[C@@H](C)[C@@H]1C1CC1. The Balaban J connectivity index is 1.67. The Kier molecular flexibility index (Phi) is 6.95. The van der Waals surface area contributed by atoms with Crippen LogP contribution in [0.15, 0.2) is 36.4 Å². The maximum absolute atomic E-state index is 12.9. The number of pyridine rings is 1. The van der Waals surface area contributed by atoms with E-state index in [0.717, 1.165) is 40.5 Å². The fourth-order valence-electron chi connectivity index (χ4n) is 5.02. The Labute approximate surface area is 205 Å². The summed E-state index contributed by atoms with van der Waals surface area (Å²) in [5, 5.41) is 15.4. The minimum Gasteiger partial charge on any atom is -0.465 e. The number of aryl methyl sites for hydroxylation is 1. The van der Waals surface area contributed by atoms with Gasteiger partial charge < -0.3 is 25.5 Å². The molecule has 2 aliphatic rings. The third kappa shape index (κ3) is 5.23. The van der Waals surface area contributed by atoms with E-state index < -0.39 is 6.09 Å². The minimum atomic E-state index is -1.05. The quantitative estimate of drug-likeness (QED) is 0.558. The minimum absolute atomic E-state index is 0.00367. The molecular formula is C26H33N5O4. The summed E-state index contributed by atoms with van der Waals surface area (Å²) in [5.74, 6) is 1.03. The summed E-state index contributed by atoms with van der Waals surface area (Å²) in [7, 11) is 1.46. The van der Waals surface area contributed by atoms with E-state index in [9.17, 15) is 14.4 Å². The molecule has 3 atom stereocenters. The van der Waals surface area contributed by atoms with Crippen LogP contribution in [0.4, 0.5) is 16.3 Å². The molecule has 1 aromatic heterocycles. The van der Waals surface area contributed by atoms with Crippen molar-refractivity contribution in [1.29, 1.82) is 0 Å². The molecule has 0 saturated heterocycles. The van der Waals surface area contributed by atoms with E-state index in [1.807, 2.05) is 42.2 Å². The number of nitrogens with one attached hydrogen (secondary N) is 2. The fourth-order valence-corrected chi connectivity index (χ4v) is 5.02. The molecule has 1 aromatic carbocycles. The van der Waals surface area contributed by atoms with Crippen LogP contribution in [0.25, 0.3) is 0 Å². The number of aromatic nitrogens is 1. The first-order valence-electron chi connectivity index (χ1n) is 12.0. The van der Waals surface area contributed by atoms with E-state index in [1.165, 1.54) is 7.05 Å². The van der Waals surface area contributed by atoms with E-state index >= 15 is 0 Å². The topological polar surface area (TPSA) is 115 Å².